The summed E-state index contributed by atoms with van der Waals surface area (Å²) in [5, 5.41) is 20.8. The van der Waals surface area contributed by atoms with E-state index in [-0.39, 0.29) is 5.41 Å². The van der Waals surface area contributed by atoms with Crippen LogP contribution in [0.2, 0.25) is 0 Å². The molecule has 1 aliphatic carbocycles. The minimum atomic E-state index is -0.235. The number of hydrogen-bond donors (Lipinski definition) is 0. The zero-order chi connectivity index (χ0) is 38.7. The van der Waals surface area contributed by atoms with Crippen LogP contribution < -0.4 is 0 Å². The molecule has 0 bridgehead atoms. The van der Waals surface area contributed by atoms with Crippen LogP contribution in [0.5, 0.6) is 0 Å². The van der Waals surface area contributed by atoms with Crippen molar-refractivity contribution in [3.05, 3.63) is 187 Å². The van der Waals surface area contributed by atoms with Gasteiger partial charge in [-0.3, -0.25) is 0 Å². The molecule has 11 aromatic rings. The van der Waals surface area contributed by atoms with Crippen LogP contribution in [0.1, 0.15) is 30.5 Å². The summed E-state index contributed by atoms with van der Waals surface area (Å²) in [5.74, 6) is 0. The second-order valence-corrected chi connectivity index (χ2v) is 17.2. The van der Waals surface area contributed by atoms with Crippen LogP contribution in [-0.4, -0.2) is 4.98 Å². The molecule has 270 valence electrons. The highest BCUT2D eigenvalue weighted by Crippen LogP contribution is 2.52. The molecule has 0 saturated heterocycles. The van der Waals surface area contributed by atoms with Crippen molar-refractivity contribution < 1.29 is 0 Å². The molecule has 0 saturated carbocycles. The fraction of sp³-hybridized carbons (Fsp3) is 0.0545. The molecule has 0 atom stereocenters. The van der Waals surface area contributed by atoms with Crippen molar-refractivity contribution in [2.75, 3.05) is 0 Å². The van der Waals surface area contributed by atoms with Crippen LogP contribution >= 0.6 is 11.3 Å². The van der Waals surface area contributed by atoms with Gasteiger partial charge in [0.05, 0.1) is 22.8 Å². The molecule has 0 spiro atoms. The first-order chi connectivity index (χ1) is 28.5. The lowest BCUT2D eigenvalue weighted by Crippen LogP contribution is -2.15. The summed E-state index contributed by atoms with van der Waals surface area (Å²) in [5.41, 5.74) is 13.4. The van der Waals surface area contributed by atoms with E-state index in [4.69, 9.17) is 4.98 Å². The normalized spacial score (nSPS) is 13.1. The number of nitrogens with zero attached hydrogens (tertiary/aromatic N) is 2. The lowest BCUT2D eigenvalue weighted by Gasteiger charge is -2.23. The van der Waals surface area contributed by atoms with Crippen molar-refractivity contribution in [3.63, 3.8) is 0 Å². The molecule has 0 amide bonds. The Labute approximate surface area is 339 Å². The summed E-state index contributed by atoms with van der Waals surface area (Å²) in [6.07, 6.45) is 0. The quantitative estimate of drug-likeness (QED) is 0.133. The maximum Gasteiger partial charge on any atom is 0.0991 e. The van der Waals surface area contributed by atoms with Crippen molar-refractivity contribution in [1.29, 1.82) is 5.26 Å². The summed E-state index contributed by atoms with van der Waals surface area (Å²) in [4.78, 5) is 5.51. The monoisotopic (exact) mass is 754 g/mol. The summed E-state index contributed by atoms with van der Waals surface area (Å²) in [6, 6.07) is 64.2. The Bertz CT molecular complexity index is 3550. The van der Waals surface area contributed by atoms with E-state index in [9.17, 15) is 5.26 Å². The van der Waals surface area contributed by atoms with Gasteiger partial charge in [0.25, 0.3) is 0 Å². The van der Waals surface area contributed by atoms with Crippen LogP contribution in [0.3, 0.4) is 0 Å². The first-order valence-electron chi connectivity index (χ1n) is 19.8. The Morgan fingerprint density at radius 1 is 0.483 bits per heavy atom. The van der Waals surface area contributed by atoms with Crippen LogP contribution in [0.25, 0.3) is 108 Å². The zero-order valence-corrected chi connectivity index (χ0v) is 32.8. The average molecular weight is 755 g/mol. The van der Waals surface area contributed by atoms with Crippen molar-refractivity contribution in [2.24, 2.45) is 0 Å². The van der Waals surface area contributed by atoms with Crippen LogP contribution in [0, 0.1) is 11.3 Å². The Kier molecular flexibility index (Phi) is 6.95. The maximum absolute atomic E-state index is 9.72. The fourth-order valence-corrected chi connectivity index (χ4v) is 11.2. The van der Waals surface area contributed by atoms with Crippen LogP contribution in [-0.2, 0) is 5.41 Å². The van der Waals surface area contributed by atoms with E-state index in [2.05, 4.69) is 184 Å². The summed E-state index contributed by atoms with van der Waals surface area (Å²) in [6.45, 7) is 4.57. The van der Waals surface area contributed by atoms with Gasteiger partial charge in [-0.15, -0.1) is 11.3 Å². The topological polar surface area (TPSA) is 36.7 Å². The van der Waals surface area contributed by atoms with Gasteiger partial charge in [-0.2, -0.15) is 5.26 Å². The van der Waals surface area contributed by atoms with Gasteiger partial charge in [-0.1, -0.05) is 153 Å². The smallest absolute Gasteiger partial charge is 0.0991 e. The maximum atomic E-state index is 9.72. The Balaban J connectivity index is 1.12. The van der Waals surface area contributed by atoms with Crippen molar-refractivity contribution in [3.8, 4) is 50.7 Å². The first kappa shape index (κ1) is 33.1. The molecular weight excluding hydrogens is 721 g/mol. The summed E-state index contributed by atoms with van der Waals surface area (Å²) < 4.78 is 2.61. The molecular formula is C55H34N2S. The molecule has 2 nitrogen and oxygen atoms in total. The molecule has 3 heteroatoms. The number of aromatic nitrogens is 1. The lowest BCUT2D eigenvalue weighted by molar-refractivity contribution is 0.660. The van der Waals surface area contributed by atoms with E-state index in [0.29, 0.717) is 5.56 Å². The molecule has 9 aromatic carbocycles. The number of benzene rings is 9. The third-order valence-corrected chi connectivity index (χ3v) is 13.9. The highest BCUT2D eigenvalue weighted by atomic mass is 32.1. The molecule has 0 aliphatic heterocycles. The van der Waals surface area contributed by atoms with Gasteiger partial charge >= 0.3 is 0 Å². The van der Waals surface area contributed by atoms with Crippen molar-refractivity contribution >= 4 is 74.7 Å². The van der Waals surface area contributed by atoms with Crippen molar-refractivity contribution in [1.82, 2.24) is 4.98 Å². The number of thiophene rings is 1. The van der Waals surface area contributed by atoms with E-state index < -0.39 is 0 Å². The summed E-state index contributed by atoms with van der Waals surface area (Å²) >= 11 is 1.88. The molecule has 2 heterocycles. The third kappa shape index (κ3) is 4.61. The number of pyridine rings is 1. The number of nitriles is 1. The Hall–Kier alpha value is -7.12. The van der Waals surface area contributed by atoms with Gasteiger partial charge < -0.3 is 0 Å². The minimum absolute atomic E-state index is 0.235. The molecule has 1 aliphatic rings. The predicted molar refractivity (Wildman–Crippen MR) is 246 cm³/mol. The molecule has 0 N–H and O–H groups in total. The van der Waals surface area contributed by atoms with Gasteiger partial charge in [0.2, 0.25) is 0 Å². The van der Waals surface area contributed by atoms with Gasteiger partial charge in [0.15, 0.2) is 0 Å². The SMILES string of the molecule is CC1(C)c2cc(C#N)ccc2-c2ccc(-c3c4ccccc4c(-c4ccc5c(c4)nc(-c4ccccc4)c4ccc6c7ccccc7sc6c45)c4ccccc34)cc21. The Morgan fingerprint density at radius 3 is 1.72 bits per heavy atom. The Morgan fingerprint density at radius 2 is 1.03 bits per heavy atom. The average Bonchev–Trinajstić information content (AvgIpc) is 3.76. The second kappa shape index (κ2) is 12.2. The van der Waals surface area contributed by atoms with Crippen LogP contribution in [0.4, 0.5) is 0 Å². The predicted octanol–water partition coefficient (Wildman–Crippen LogP) is 15.2. The van der Waals surface area contributed by atoms with Crippen LogP contribution in [0.15, 0.2) is 170 Å². The standard InChI is InChI=1S/C55H34N2S/c1-55(2)46-28-32(31-56)20-23-36(46)37-24-21-34(29-47(37)55)50-39-15-6-8-17-41(39)51(42-18-9-7-16-40(42)50)35-22-25-44-48(30-35)57-53(33-12-4-3-5-13-33)45-27-26-43-38-14-10-11-19-49(38)58-54(43)52(44)45/h3-30H,1-2H3. The number of fused-ring (bicyclic) bond motifs is 12. The van der Waals surface area contributed by atoms with E-state index >= 15 is 0 Å². The first-order valence-corrected chi connectivity index (χ1v) is 20.7. The van der Waals surface area contributed by atoms with E-state index in [0.717, 1.165) is 22.3 Å². The fourth-order valence-electron chi connectivity index (χ4n) is 9.95. The molecule has 58 heavy (non-hydrogen) atoms. The van der Waals surface area contributed by atoms with Crippen molar-refractivity contribution in [2.45, 2.75) is 19.3 Å². The molecule has 12 rings (SSSR count). The molecule has 0 fully saturated rings. The van der Waals surface area contributed by atoms with E-state index in [1.807, 2.05) is 17.4 Å². The molecule has 0 radical (unpaired) electrons. The molecule has 2 aromatic heterocycles. The lowest BCUT2D eigenvalue weighted by atomic mass is 9.80. The molecule has 0 unspecified atom stereocenters. The zero-order valence-electron chi connectivity index (χ0n) is 32.0. The highest BCUT2D eigenvalue weighted by molar-refractivity contribution is 7.26. The largest absolute Gasteiger partial charge is 0.247 e. The van der Waals surface area contributed by atoms with Gasteiger partial charge in [-0.25, -0.2) is 4.98 Å². The second-order valence-electron chi connectivity index (χ2n) is 16.1. The van der Waals surface area contributed by atoms with Gasteiger partial charge in [-0.05, 0) is 96.4 Å². The number of hydrogen-bond acceptors (Lipinski definition) is 3. The van der Waals surface area contributed by atoms with E-state index in [1.54, 1.807) is 0 Å². The van der Waals surface area contributed by atoms with Gasteiger partial charge in [0, 0.05) is 47.3 Å². The van der Waals surface area contributed by atoms with E-state index in [1.165, 1.54) is 96.8 Å². The third-order valence-electron chi connectivity index (χ3n) is 12.7. The minimum Gasteiger partial charge on any atom is -0.247 e. The highest BCUT2D eigenvalue weighted by Gasteiger charge is 2.36. The summed E-state index contributed by atoms with van der Waals surface area (Å²) in [7, 11) is 0. The number of rotatable bonds is 3. The van der Waals surface area contributed by atoms with Gasteiger partial charge in [0.1, 0.15) is 0 Å².